The van der Waals surface area contributed by atoms with Crippen molar-refractivity contribution < 1.29 is 14.7 Å². The van der Waals surface area contributed by atoms with Crippen molar-refractivity contribution in [1.82, 2.24) is 0 Å². The van der Waals surface area contributed by atoms with Crippen LogP contribution in [0.15, 0.2) is 18.2 Å². The summed E-state index contributed by atoms with van der Waals surface area (Å²) < 4.78 is 0. The highest BCUT2D eigenvalue weighted by molar-refractivity contribution is 5.88. The van der Waals surface area contributed by atoms with Gasteiger partial charge in [0.25, 0.3) is 0 Å². The SMILES string of the molecule is Cc1cc(C(=O)O)ccc1[C@@H]1CCC(=O)C1. The predicted octanol–water partition coefficient (Wildman–Crippen LogP) is 2.53. The minimum atomic E-state index is -0.905. The molecular weight excluding hydrogens is 204 g/mol. The monoisotopic (exact) mass is 218 g/mol. The second-order valence-electron chi connectivity index (χ2n) is 4.35. The van der Waals surface area contributed by atoms with Gasteiger partial charge in [-0.2, -0.15) is 0 Å². The molecule has 3 nitrogen and oxygen atoms in total. The van der Waals surface area contributed by atoms with E-state index >= 15 is 0 Å². The van der Waals surface area contributed by atoms with E-state index in [9.17, 15) is 9.59 Å². The summed E-state index contributed by atoms with van der Waals surface area (Å²) in [4.78, 5) is 22.0. The van der Waals surface area contributed by atoms with Crippen molar-refractivity contribution in [2.75, 3.05) is 0 Å². The van der Waals surface area contributed by atoms with Gasteiger partial charge in [-0.05, 0) is 42.5 Å². The molecule has 1 saturated carbocycles. The van der Waals surface area contributed by atoms with E-state index in [1.165, 1.54) is 0 Å². The highest BCUT2D eigenvalue weighted by Gasteiger charge is 2.24. The van der Waals surface area contributed by atoms with Gasteiger partial charge in [-0.15, -0.1) is 0 Å². The second kappa shape index (κ2) is 4.08. The van der Waals surface area contributed by atoms with E-state index in [0.717, 1.165) is 17.5 Å². The standard InChI is InChI=1S/C13H14O3/c1-8-6-10(13(15)16)3-5-12(8)9-2-4-11(14)7-9/h3,5-6,9H,2,4,7H2,1H3,(H,15,16)/t9-/m1/s1. The van der Waals surface area contributed by atoms with Crippen LogP contribution < -0.4 is 0 Å². The van der Waals surface area contributed by atoms with Gasteiger partial charge < -0.3 is 5.11 Å². The third-order valence-corrected chi connectivity index (χ3v) is 3.20. The summed E-state index contributed by atoms with van der Waals surface area (Å²) in [6.07, 6.45) is 2.16. The van der Waals surface area contributed by atoms with Crippen LogP contribution in [0.5, 0.6) is 0 Å². The van der Waals surface area contributed by atoms with Crippen molar-refractivity contribution in [1.29, 1.82) is 0 Å². The van der Waals surface area contributed by atoms with Crippen molar-refractivity contribution in [2.24, 2.45) is 0 Å². The van der Waals surface area contributed by atoms with Gasteiger partial charge in [-0.1, -0.05) is 6.07 Å². The van der Waals surface area contributed by atoms with E-state index in [0.29, 0.717) is 24.2 Å². The van der Waals surface area contributed by atoms with Crippen LogP contribution in [0, 0.1) is 6.92 Å². The van der Waals surface area contributed by atoms with E-state index in [4.69, 9.17) is 5.11 Å². The van der Waals surface area contributed by atoms with Crippen molar-refractivity contribution in [3.05, 3.63) is 34.9 Å². The molecule has 0 amide bonds. The molecule has 1 aliphatic carbocycles. The quantitative estimate of drug-likeness (QED) is 0.829. The number of benzene rings is 1. The first-order valence-corrected chi connectivity index (χ1v) is 5.43. The lowest BCUT2D eigenvalue weighted by atomic mass is 9.92. The normalized spacial score (nSPS) is 20.1. The van der Waals surface area contributed by atoms with E-state index < -0.39 is 5.97 Å². The van der Waals surface area contributed by atoms with E-state index in [2.05, 4.69) is 0 Å². The number of aromatic carboxylic acids is 1. The molecule has 84 valence electrons. The van der Waals surface area contributed by atoms with Gasteiger partial charge in [0.2, 0.25) is 0 Å². The lowest BCUT2D eigenvalue weighted by molar-refractivity contribution is -0.117. The van der Waals surface area contributed by atoms with Crippen LogP contribution in [0.4, 0.5) is 0 Å². The van der Waals surface area contributed by atoms with Gasteiger partial charge in [-0.25, -0.2) is 4.79 Å². The Morgan fingerprint density at radius 2 is 2.19 bits per heavy atom. The fourth-order valence-electron chi connectivity index (χ4n) is 2.35. The maximum Gasteiger partial charge on any atom is 0.335 e. The average Bonchev–Trinajstić information content (AvgIpc) is 2.64. The largest absolute Gasteiger partial charge is 0.478 e. The summed E-state index contributed by atoms with van der Waals surface area (Å²) in [5.74, 6) is -0.306. The molecule has 0 unspecified atom stereocenters. The Balaban J connectivity index is 2.29. The number of carbonyl (C=O) groups is 2. The fraction of sp³-hybridized carbons (Fsp3) is 0.385. The lowest BCUT2D eigenvalue weighted by Gasteiger charge is -2.12. The van der Waals surface area contributed by atoms with Crippen molar-refractivity contribution in [2.45, 2.75) is 32.1 Å². The molecule has 0 bridgehead atoms. The molecule has 0 radical (unpaired) electrons. The van der Waals surface area contributed by atoms with Gasteiger partial charge in [0.05, 0.1) is 5.56 Å². The molecule has 16 heavy (non-hydrogen) atoms. The second-order valence-corrected chi connectivity index (χ2v) is 4.35. The molecule has 1 fully saturated rings. The summed E-state index contributed by atoms with van der Waals surface area (Å²) in [7, 11) is 0. The molecule has 1 aliphatic rings. The van der Waals surface area contributed by atoms with Crippen molar-refractivity contribution >= 4 is 11.8 Å². The highest BCUT2D eigenvalue weighted by atomic mass is 16.4. The van der Waals surface area contributed by atoms with Crippen LogP contribution in [0.2, 0.25) is 0 Å². The Kier molecular flexibility index (Phi) is 2.77. The summed E-state index contributed by atoms with van der Waals surface area (Å²) in [6, 6.07) is 5.15. The number of aryl methyl sites for hydroxylation is 1. The first kappa shape index (κ1) is 10.9. The predicted molar refractivity (Wildman–Crippen MR) is 59.7 cm³/mol. The molecule has 1 aromatic rings. The molecule has 3 heteroatoms. The summed E-state index contributed by atoms with van der Waals surface area (Å²) in [6.45, 7) is 1.91. The van der Waals surface area contributed by atoms with Crippen LogP contribution in [0.3, 0.4) is 0 Å². The fourth-order valence-corrected chi connectivity index (χ4v) is 2.35. The zero-order chi connectivity index (χ0) is 11.7. The smallest absolute Gasteiger partial charge is 0.335 e. The van der Waals surface area contributed by atoms with Gasteiger partial charge >= 0.3 is 5.97 Å². The molecule has 0 aliphatic heterocycles. The molecular formula is C13H14O3. The molecule has 1 aromatic carbocycles. The Labute approximate surface area is 94.1 Å². The number of ketones is 1. The van der Waals surface area contributed by atoms with E-state index in [1.54, 1.807) is 12.1 Å². The minimum absolute atomic E-state index is 0.287. The first-order chi connectivity index (χ1) is 7.58. The Morgan fingerprint density at radius 1 is 1.44 bits per heavy atom. The molecule has 1 atom stereocenters. The van der Waals surface area contributed by atoms with Crippen LogP contribution in [-0.2, 0) is 4.79 Å². The Hall–Kier alpha value is -1.64. The summed E-state index contributed by atoms with van der Waals surface area (Å²) in [5, 5.41) is 8.85. The topological polar surface area (TPSA) is 54.4 Å². The third kappa shape index (κ3) is 1.98. The number of hydrogen-bond acceptors (Lipinski definition) is 2. The lowest BCUT2D eigenvalue weighted by Crippen LogP contribution is -2.01. The summed E-state index contributed by atoms with van der Waals surface area (Å²) in [5.41, 5.74) is 2.40. The third-order valence-electron chi connectivity index (χ3n) is 3.20. The minimum Gasteiger partial charge on any atom is -0.478 e. The average molecular weight is 218 g/mol. The van der Waals surface area contributed by atoms with E-state index in [1.807, 2.05) is 13.0 Å². The number of carbonyl (C=O) groups excluding carboxylic acids is 1. The molecule has 0 spiro atoms. The number of hydrogen-bond donors (Lipinski definition) is 1. The molecule has 0 saturated heterocycles. The Bertz CT molecular complexity index is 448. The van der Waals surface area contributed by atoms with Crippen LogP contribution in [-0.4, -0.2) is 16.9 Å². The molecule has 0 aromatic heterocycles. The van der Waals surface area contributed by atoms with Gasteiger partial charge in [-0.3, -0.25) is 4.79 Å². The Morgan fingerprint density at radius 3 is 2.69 bits per heavy atom. The van der Waals surface area contributed by atoms with Crippen molar-refractivity contribution in [3.8, 4) is 0 Å². The summed E-state index contributed by atoms with van der Waals surface area (Å²) >= 11 is 0. The van der Waals surface area contributed by atoms with Gasteiger partial charge in [0, 0.05) is 12.8 Å². The van der Waals surface area contributed by atoms with Crippen LogP contribution in [0.25, 0.3) is 0 Å². The number of carboxylic acids is 1. The van der Waals surface area contributed by atoms with Crippen LogP contribution in [0.1, 0.15) is 46.7 Å². The number of carboxylic acid groups (broad SMARTS) is 1. The molecule has 0 heterocycles. The van der Waals surface area contributed by atoms with Gasteiger partial charge in [0.15, 0.2) is 0 Å². The molecule has 1 N–H and O–H groups in total. The maximum absolute atomic E-state index is 11.2. The highest BCUT2D eigenvalue weighted by Crippen LogP contribution is 2.34. The zero-order valence-corrected chi connectivity index (χ0v) is 9.19. The first-order valence-electron chi connectivity index (χ1n) is 5.43. The van der Waals surface area contributed by atoms with Gasteiger partial charge in [0.1, 0.15) is 5.78 Å². The molecule has 2 rings (SSSR count). The van der Waals surface area contributed by atoms with Crippen molar-refractivity contribution in [3.63, 3.8) is 0 Å². The zero-order valence-electron chi connectivity index (χ0n) is 9.19. The maximum atomic E-state index is 11.2. The van der Waals surface area contributed by atoms with Crippen LogP contribution >= 0.6 is 0 Å². The number of Topliss-reactive ketones (excluding diaryl/α,β-unsaturated/α-hetero) is 1. The van der Waals surface area contributed by atoms with E-state index in [-0.39, 0.29) is 5.92 Å². The number of rotatable bonds is 2.